The Kier molecular flexibility index (Phi) is 2.36. The fraction of sp³-hybridized carbons (Fsp3) is 0.222. The Hall–Kier alpha value is -1.60. The van der Waals surface area contributed by atoms with E-state index >= 15 is 0 Å². The minimum absolute atomic E-state index is 0.0517. The van der Waals surface area contributed by atoms with E-state index in [0.717, 1.165) is 5.56 Å². The Labute approximate surface area is 93.1 Å². The number of amides is 2. The van der Waals surface area contributed by atoms with Crippen molar-refractivity contribution >= 4 is 21.7 Å². The third-order valence-electron chi connectivity index (χ3n) is 2.40. The zero-order valence-electron chi connectivity index (χ0n) is 8.60. The highest BCUT2D eigenvalue weighted by atomic mass is 32.2. The lowest BCUT2D eigenvalue weighted by atomic mass is 10.1. The van der Waals surface area contributed by atoms with E-state index in [1.807, 2.05) is 0 Å². The van der Waals surface area contributed by atoms with E-state index in [1.165, 1.54) is 17.0 Å². The number of rotatable bonds is 1. The number of carbonyl (C=O) groups excluding carboxylic acids is 1. The molecule has 86 valence electrons. The number of nitrogens with one attached hydrogen (secondary N) is 1. The zero-order valence-corrected chi connectivity index (χ0v) is 9.41. The van der Waals surface area contributed by atoms with Crippen LogP contribution in [0, 0.1) is 0 Å². The molecule has 0 aliphatic carbocycles. The number of hydrogen-bond acceptors (Lipinski definition) is 3. The van der Waals surface area contributed by atoms with E-state index in [-0.39, 0.29) is 10.9 Å². The lowest BCUT2D eigenvalue weighted by Gasteiger charge is -2.26. The fourth-order valence-corrected chi connectivity index (χ4v) is 2.10. The summed E-state index contributed by atoms with van der Waals surface area (Å²) in [7, 11) is -2.07. The summed E-state index contributed by atoms with van der Waals surface area (Å²) in [6, 6.07) is 4.18. The molecular formula is C9H11N3O3S. The molecule has 16 heavy (non-hydrogen) atoms. The van der Waals surface area contributed by atoms with E-state index in [0.29, 0.717) is 12.2 Å². The molecule has 6 nitrogen and oxygen atoms in total. The molecule has 7 heteroatoms. The SMILES string of the molecule is CN1Cc2cc(S(N)(=O)=O)ccc2NC1=O. The molecule has 2 amide bonds. The summed E-state index contributed by atoms with van der Waals surface area (Å²) >= 11 is 0. The number of carbonyl (C=O) groups is 1. The molecule has 0 fully saturated rings. The molecule has 0 aromatic heterocycles. The average Bonchev–Trinajstić information content (AvgIpc) is 2.17. The molecule has 3 N–H and O–H groups in total. The van der Waals surface area contributed by atoms with Gasteiger partial charge in [-0.1, -0.05) is 0 Å². The van der Waals surface area contributed by atoms with Crippen molar-refractivity contribution < 1.29 is 13.2 Å². The molecular weight excluding hydrogens is 230 g/mol. The van der Waals surface area contributed by atoms with Crippen molar-refractivity contribution in [2.75, 3.05) is 12.4 Å². The van der Waals surface area contributed by atoms with Gasteiger partial charge in [0.15, 0.2) is 0 Å². The summed E-state index contributed by atoms with van der Waals surface area (Å²) in [5.41, 5.74) is 1.35. The molecule has 0 unspecified atom stereocenters. The van der Waals surface area contributed by atoms with E-state index in [2.05, 4.69) is 5.32 Å². The predicted molar refractivity (Wildman–Crippen MR) is 58.3 cm³/mol. The van der Waals surface area contributed by atoms with Crippen LogP contribution < -0.4 is 10.5 Å². The van der Waals surface area contributed by atoms with Gasteiger partial charge in [0.05, 0.1) is 4.90 Å². The Bertz CT molecular complexity index is 553. The van der Waals surface area contributed by atoms with Gasteiger partial charge in [0.2, 0.25) is 10.0 Å². The number of sulfonamides is 1. The molecule has 0 spiro atoms. The van der Waals surface area contributed by atoms with Gasteiger partial charge in [-0.2, -0.15) is 0 Å². The Morgan fingerprint density at radius 3 is 2.75 bits per heavy atom. The van der Waals surface area contributed by atoms with Gasteiger partial charge in [-0.25, -0.2) is 18.4 Å². The Morgan fingerprint density at radius 1 is 1.44 bits per heavy atom. The largest absolute Gasteiger partial charge is 0.323 e. The van der Waals surface area contributed by atoms with Crippen LogP contribution in [0.2, 0.25) is 0 Å². The van der Waals surface area contributed by atoms with E-state index < -0.39 is 10.0 Å². The molecule has 1 aromatic rings. The molecule has 0 atom stereocenters. The summed E-state index contributed by atoms with van der Waals surface area (Å²) in [4.78, 5) is 12.8. The second kappa shape index (κ2) is 3.46. The summed E-state index contributed by atoms with van der Waals surface area (Å²) < 4.78 is 22.3. The summed E-state index contributed by atoms with van der Waals surface area (Å²) in [6.07, 6.45) is 0. The topological polar surface area (TPSA) is 92.5 Å². The monoisotopic (exact) mass is 241 g/mol. The quantitative estimate of drug-likeness (QED) is 0.741. The first-order valence-corrected chi connectivity index (χ1v) is 6.10. The molecule has 2 rings (SSSR count). The molecule has 1 aliphatic heterocycles. The highest BCUT2D eigenvalue weighted by molar-refractivity contribution is 7.89. The van der Waals surface area contributed by atoms with Crippen LogP contribution in [0.15, 0.2) is 23.1 Å². The first-order valence-electron chi connectivity index (χ1n) is 4.56. The number of hydrogen-bond donors (Lipinski definition) is 2. The lowest BCUT2D eigenvalue weighted by Crippen LogP contribution is -2.35. The zero-order chi connectivity index (χ0) is 11.9. The summed E-state index contributed by atoms with van der Waals surface area (Å²) in [5, 5.41) is 7.66. The summed E-state index contributed by atoms with van der Waals surface area (Å²) in [6.45, 7) is 0.366. The van der Waals surface area contributed by atoms with Crippen molar-refractivity contribution in [3.05, 3.63) is 23.8 Å². The molecule has 0 bridgehead atoms. The maximum Gasteiger partial charge on any atom is 0.321 e. The van der Waals surface area contributed by atoms with Crippen LogP contribution in [-0.2, 0) is 16.6 Å². The molecule has 1 heterocycles. The van der Waals surface area contributed by atoms with Crippen molar-refractivity contribution in [3.8, 4) is 0 Å². The fourth-order valence-electron chi connectivity index (χ4n) is 1.54. The lowest BCUT2D eigenvalue weighted by molar-refractivity contribution is 0.218. The van der Waals surface area contributed by atoms with Crippen LogP contribution >= 0.6 is 0 Å². The first kappa shape index (κ1) is 10.9. The molecule has 1 aliphatic rings. The normalized spacial score (nSPS) is 15.6. The van der Waals surface area contributed by atoms with Crippen LogP contribution in [0.25, 0.3) is 0 Å². The number of nitrogens with zero attached hydrogens (tertiary/aromatic N) is 1. The van der Waals surface area contributed by atoms with Crippen LogP contribution in [-0.4, -0.2) is 26.4 Å². The standard InChI is InChI=1S/C9H11N3O3S/c1-12-5-6-4-7(16(10,14)15)2-3-8(6)11-9(12)13/h2-4H,5H2,1H3,(H,11,13)(H2,10,14,15). The highest BCUT2D eigenvalue weighted by Crippen LogP contribution is 2.24. The van der Waals surface area contributed by atoms with E-state index in [4.69, 9.17) is 5.14 Å². The molecule has 0 saturated heterocycles. The van der Waals surface area contributed by atoms with Crippen LogP contribution in [0.5, 0.6) is 0 Å². The Morgan fingerprint density at radius 2 is 2.12 bits per heavy atom. The van der Waals surface area contributed by atoms with Gasteiger partial charge in [-0.15, -0.1) is 0 Å². The van der Waals surface area contributed by atoms with Gasteiger partial charge in [0, 0.05) is 19.3 Å². The highest BCUT2D eigenvalue weighted by Gasteiger charge is 2.20. The Balaban J connectivity index is 2.48. The third-order valence-corrected chi connectivity index (χ3v) is 3.31. The van der Waals surface area contributed by atoms with Crippen LogP contribution in [0.4, 0.5) is 10.5 Å². The number of primary sulfonamides is 1. The summed E-state index contributed by atoms with van der Waals surface area (Å²) in [5.74, 6) is 0. The second-order valence-corrected chi connectivity index (χ2v) is 5.21. The van der Waals surface area contributed by atoms with Crippen molar-refractivity contribution in [2.45, 2.75) is 11.4 Å². The third kappa shape index (κ3) is 1.86. The van der Waals surface area contributed by atoms with Gasteiger partial charge >= 0.3 is 6.03 Å². The number of fused-ring (bicyclic) bond motifs is 1. The molecule has 1 aromatic carbocycles. The van der Waals surface area contributed by atoms with Gasteiger partial charge in [-0.3, -0.25) is 0 Å². The van der Waals surface area contributed by atoms with Crippen molar-refractivity contribution in [1.82, 2.24) is 4.90 Å². The van der Waals surface area contributed by atoms with Crippen molar-refractivity contribution in [3.63, 3.8) is 0 Å². The number of benzene rings is 1. The minimum atomic E-state index is -3.70. The minimum Gasteiger partial charge on any atom is -0.323 e. The number of anilines is 1. The van der Waals surface area contributed by atoms with Gasteiger partial charge in [0.25, 0.3) is 0 Å². The number of nitrogens with two attached hydrogens (primary N) is 1. The average molecular weight is 241 g/mol. The second-order valence-electron chi connectivity index (χ2n) is 3.65. The van der Waals surface area contributed by atoms with Crippen molar-refractivity contribution in [2.24, 2.45) is 5.14 Å². The van der Waals surface area contributed by atoms with Gasteiger partial charge < -0.3 is 10.2 Å². The predicted octanol–water partition coefficient (Wildman–Crippen LogP) is 0.311. The van der Waals surface area contributed by atoms with Gasteiger partial charge in [-0.05, 0) is 23.8 Å². The smallest absolute Gasteiger partial charge is 0.321 e. The maximum absolute atomic E-state index is 11.3. The first-order chi connectivity index (χ1) is 7.38. The van der Waals surface area contributed by atoms with E-state index in [9.17, 15) is 13.2 Å². The van der Waals surface area contributed by atoms with Crippen LogP contribution in [0.1, 0.15) is 5.56 Å². The maximum atomic E-state index is 11.3. The molecule has 0 radical (unpaired) electrons. The van der Waals surface area contributed by atoms with Crippen LogP contribution in [0.3, 0.4) is 0 Å². The van der Waals surface area contributed by atoms with Crippen molar-refractivity contribution in [1.29, 1.82) is 0 Å². The van der Waals surface area contributed by atoms with Gasteiger partial charge in [0.1, 0.15) is 0 Å². The van der Waals surface area contributed by atoms with E-state index in [1.54, 1.807) is 13.1 Å². The molecule has 0 saturated carbocycles. The number of urea groups is 1.